The molecule has 3 N–H and O–H groups in total. The molecule has 1 heterocycles. The number of nitrogens with two attached hydrogens (primary N) is 1. The lowest BCUT2D eigenvalue weighted by Gasteiger charge is -2.18. The Balaban J connectivity index is 1.69. The summed E-state index contributed by atoms with van der Waals surface area (Å²) in [5, 5.41) is 7.61. The number of nitrogens with zero attached hydrogens (tertiary/aromatic N) is 2. The summed E-state index contributed by atoms with van der Waals surface area (Å²) in [5.74, 6) is -1.35. The van der Waals surface area contributed by atoms with Crippen LogP contribution >= 0.6 is 11.3 Å². The maximum atomic E-state index is 12.4. The normalized spacial score (nSPS) is 11.1. The molecule has 0 fully saturated rings. The number of carbonyl (C=O) groups excluding carboxylic acids is 3. The van der Waals surface area contributed by atoms with Crippen LogP contribution in [0.1, 0.15) is 22.2 Å². The molecule has 0 atom stereocenters. The second-order valence-corrected chi connectivity index (χ2v) is 6.93. The fraction of sp³-hybridized carbons (Fsp3) is 0.0952. The molecule has 10 heteroatoms. The first-order valence-corrected chi connectivity index (χ1v) is 9.91. The Morgan fingerprint density at radius 2 is 1.71 bits per heavy atom. The van der Waals surface area contributed by atoms with Crippen molar-refractivity contribution < 1.29 is 24.0 Å². The van der Waals surface area contributed by atoms with Gasteiger partial charge in [-0.25, -0.2) is 9.78 Å². The lowest BCUT2D eigenvalue weighted by atomic mass is 10.0. The molecule has 0 bridgehead atoms. The molecule has 0 unspecified atom stereocenters. The Hall–Kier alpha value is -4.05. The molecule has 0 aliphatic heterocycles. The van der Waals surface area contributed by atoms with Gasteiger partial charge < -0.3 is 20.6 Å². The van der Waals surface area contributed by atoms with Gasteiger partial charge in [-0.2, -0.15) is 0 Å². The van der Waals surface area contributed by atoms with Gasteiger partial charge in [0, 0.05) is 5.38 Å². The minimum Gasteiger partial charge on any atom is -0.450 e. The number of benzene rings is 2. The van der Waals surface area contributed by atoms with E-state index in [0.717, 1.165) is 22.5 Å². The summed E-state index contributed by atoms with van der Waals surface area (Å²) >= 11 is 1.03. The van der Waals surface area contributed by atoms with E-state index in [1.807, 2.05) is 60.7 Å². The van der Waals surface area contributed by atoms with Crippen molar-refractivity contribution >= 4 is 41.2 Å². The first-order chi connectivity index (χ1) is 15.1. The van der Waals surface area contributed by atoms with Crippen LogP contribution in [0, 0.1) is 0 Å². The van der Waals surface area contributed by atoms with Crippen LogP contribution in [-0.2, 0) is 24.0 Å². The highest BCUT2D eigenvalue weighted by atomic mass is 32.1. The fourth-order valence-electron chi connectivity index (χ4n) is 2.60. The SMILES string of the molecule is NC(=O)/C(=N\OCC(=O)OC(c1ccccc1)c1ccccc1)c1nc(NC=O)cs1. The predicted octanol–water partition coefficient (Wildman–Crippen LogP) is 2.25. The van der Waals surface area contributed by atoms with Crippen LogP contribution in [0.4, 0.5) is 5.82 Å². The van der Waals surface area contributed by atoms with E-state index in [1.54, 1.807) is 0 Å². The molecular formula is C21H18N4O5S. The number of anilines is 1. The average Bonchev–Trinajstić information content (AvgIpc) is 3.24. The summed E-state index contributed by atoms with van der Waals surface area (Å²) in [5.41, 5.74) is 6.62. The molecule has 2 amide bonds. The third kappa shape index (κ3) is 5.97. The average molecular weight is 438 g/mol. The maximum absolute atomic E-state index is 12.4. The number of ether oxygens (including phenoxy) is 1. The smallest absolute Gasteiger partial charge is 0.347 e. The lowest BCUT2D eigenvalue weighted by molar-refractivity contribution is -0.153. The largest absolute Gasteiger partial charge is 0.450 e. The third-order valence-electron chi connectivity index (χ3n) is 3.94. The first-order valence-electron chi connectivity index (χ1n) is 9.03. The number of hydrogen-bond acceptors (Lipinski definition) is 8. The molecule has 0 spiro atoms. The zero-order valence-electron chi connectivity index (χ0n) is 16.1. The Labute approximate surface area is 181 Å². The van der Waals surface area contributed by atoms with Crippen molar-refractivity contribution in [2.75, 3.05) is 11.9 Å². The third-order valence-corrected chi connectivity index (χ3v) is 4.79. The van der Waals surface area contributed by atoms with Crippen molar-refractivity contribution in [1.29, 1.82) is 0 Å². The Morgan fingerprint density at radius 3 is 2.26 bits per heavy atom. The van der Waals surface area contributed by atoms with Gasteiger partial charge in [-0.1, -0.05) is 65.8 Å². The van der Waals surface area contributed by atoms with E-state index in [0.29, 0.717) is 6.41 Å². The number of hydrogen-bond donors (Lipinski definition) is 2. The molecule has 158 valence electrons. The zero-order valence-corrected chi connectivity index (χ0v) is 17.0. The van der Waals surface area contributed by atoms with Gasteiger partial charge in [-0.3, -0.25) is 9.59 Å². The van der Waals surface area contributed by atoms with Crippen molar-refractivity contribution in [2.45, 2.75) is 6.10 Å². The van der Waals surface area contributed by atoms with Gasteiger partial charge in [0.05, 0.1) is 0 Å². The maximum Gasteiger partial charge on any atom is 0.347 e. The summed E-state index contributed by atoms with van der Waals surface area (Å²) in [6.07, 6.45) is -0.184. The van der Waals surface area contributed by atoms with Crippen molar-refractivity contribution in [3.63, 3.8) is 0 Å². The fourth-order valence-corrected chi connectivity index (χ4v) is 3.34. The van der Waals surface area contributed by atoms with E-state index in [1.165, 1.54) is 5.38 Å². The number of aromatic nitrogens is 1. The highest BCUT2D eigenvalue weighted by molar-refractivity contribution is 7.13. The molecule has 1 aromatic heterocycles. The molecule has 0 aliphatic carbocycles. The quantitative estimate of drug-likeness (QED) is 0.216. The highest BCUT2D eigenvalue weighted by Crippen LogP contribution is 2.26. The first kappa shape index (κ1) is 21.7. The van der Waals surface area contributed by atoms with Crippen LogP contribution in [0.2, 0.25) is 0 Å². The Bertz CT molecular complexity index is 1030. The number of carbonyl (C=O) groups is 3. The van der Waals surface area contributed by atoms with Crippen molar-refractivity contribution in [1.82, 2.24) is 4.98 Å². The predicted molar refractivity (Wildman–Crippen MR) is 114 cm³/mol. The van der Waals surface area contributed by atoms with Gasteiger partial charge >= 0.3 is 5.97 Å². The highest BCUT2D eigenvalue weighted by Gasteiger charge is 2.20. The van der Waals surface area contributed by atoms with E-state index in [-0.39, 0.29) is 16.5 Å². The summed E-state index contributed by atoms with van der Waals surface area (Å²) in [6.45, 7) is -0.544. The monoisotopic (exact) mass is 438 g/mol. The molecule has 0 saturated heterocycles. The van der Waals surface area contributed by atoms with Crippen molar-refractivity contribution in [2.24, 2.45) is 10.9 Å². The van der Waals surface area contributed by atoms with Gasteiger partial charge in [-0.05, 0) is 11.1 Å². The van der Waals surface area contributed by atoms with Crippen molar-refractivity contribution in [3.05, 3.63) is 82.2 Å². The van der Waals surface area contributed by atoms with E-state index < -0.39 is 24.6 Å². The number of thiazole rings is 1. The van der Waals surface area contributed by atoms with E-state index in [4.69, 9.17) is 15.3 Å². The van der Waals surface area contributed by atoms with Gasteiger partial charge in [-0.15, -0.1) is 11.3 Å². The number of primary amides is 1. The number of nitrogens with one attached hydrogen (secondary N) is 1. The van der Waals surface area contributed by atoms with Gasteiger partial charge in [0.25, 0.3) is 5.91 Å². The van der Waals surface area contributed by atoms with E-state index in [2.05, 4.69) is 15.5 Å². The second-order valence-electron chi connectivity index (χ2n) is 6.07. The molecule has 9 nitrogen and oxygen atoms in total. The molecule has 0 saturated carbocycles. The molecule has 3 aromatic rings. The summed E-state index contributed by atoms with van der Waals surface area (Å²) in [4.78, 5) is 43.5. The molecule has 3 rings (SSSR count). The summed E-state index contributed by atoms with van der Waals surface area (Å²) in [7, 11) is 0. The zero-order chi connectivity index (χ0) is 22.1. The van der Waals surface area contributed by atoms with Crippen LogP contribution in [0.15, 0.2) is 71.2 Å². The lowest BCUT2D eigenvalue weighted by Crippen LogP contribution is -2.25. The summed E-state index contributed by atoms with van der Waals surface area (Å²) < 4.78 is 5.60. The van der Waals surface area contributed by atoms with Gasteiger partial charge in [0.1, 0.15) is 5.82 Å². The van der Waals surface area contributed by atoms with Crippen molar-refractivity contribution in [3.8, 4) is 0 Å². The number of oxime groups is 1. The molecule has 0 radical (unpaired) electrons. The van der Waals surface area contributed by atoms with Crippen LogP contribution < -0.4 is 11.1 Å². The molecule has 2 aromatic carbocycles. The summed E-state index contributed by atoms with van der Waals surface area (Å²) in [6, 6.07) is 18.5. The molecule has 31 heavy (non-hydrogen) atoms. The minimum atomic E-state index is -0.896. The number of amides is 2. The van der Waals surface area contributed by atoms with Crippen LogP contribution in [0.25, 0.3) is 0 Å². The molecule has 0 aliphatic rings. The number of rotatable bonds is 10. The molecular weight excluding hydrogens is 420 g/mol. The Kier molecular flexibility index (Phi) is 7.44. The van der Waals surface area contributed by atoms with Crippen LogP contribution in [0.3, 0.4) is 0 Å². The Morgan fingerprint density at radius 1 is 1.10 bits per heavy atom. The van der Waals surface area contributed by atoms with Crippen LogP contribution in [0.5, 0.6) is 0 Å². The minimum absolute atomic E-state index is 0.136. The van der Waals surface area contributed by atoms with Gasteiger partial charge in [0.15, 0.2) is 11.1 Å². The van der Waals surface area contributed by atoms with E-state index >= 15 is 0 Å². The second kappa shape index (κ2) is 10.6. The van der Waals surface area contributed by atoms with Crippen LogP contribution in [-0.4, -0.2) is 35.6 Å². The van der Waals surface area contributed by atoms with Gasteiger partial charge in [0.2, 0.25) is 18.7 Å². The van der Waals surface area contributed by atoms with E-state index in [9.17, 15) is 14.4 Å². The standard InChI is InChI=1S/C21H18N4O5S/c22-20(28)18(21-24-16(12-31-21)23-13-26)25-29-11-17(27)30-19(14-7-3-1-4-8-14)15-9-5-2-6-10-15/h1-10,12-13,19H,11H2,(H2,22,28)(H,23,26)/b25-18+. The number of esters is 1. The topological polar surface area (TPSA) is 133 Å².